The van der Waals surface area contributed by atoms with Crippen LogP contribution in [0.2, 0.25) is 0 Å². The number of hydrogen-bond donors (Lipinski definition) is 0. The van der Waals surface area contributed by atoms with Gasteiger partial charge in [-0.25, -0.2) is 4.79 Å². The van der Waals surface area contributed by atoms with Gasteiger partial charge in [0.25, 0.3) is 0 Å². The van der Waals surface area contributed by atoms with Crippen LogP contribution in [0.25, 0.3) is 0 Å². The van der Waals surface area contributed by atoms with E-state index in [1.54, 1.807) is 0 Å². The highest BCUT2D eigenvalue weighted by atomic mass is 16.7. The molecule has 0 amide bonds. The second-order valence-corrected chi connectivity index (χ2v) is 11.2. The first-order chi connectivity index (χ1) is 15.2. The molecule has 172 valence electrons. The largest absolute Gasteiger partial charge is 0.459 e. The summed E-state index contributed by atoms with van der Waals surface area (Å²) < 4.78 is 24.9. The molecule has 2 heterocycles. The van der Waals surface area contributed by atoms with Crippen LogP contribution in [0.15, 0.2) is 24.3 Å². The first-order valence-electron chi connectivity index (χ1n) is 12.0. The molecule has 5 aliphatic rings. The Kier molecular flexibility index (Phi) is 4.24. The summed E-state index contributed by atoms with van der Waals surface area (Å²) in [6, 6.07) is 8.22. The Balaban J connectivity index is 1.25. The number of esters is 2. The summed E-state index contributed by atoms with van der Waals surface area (Å²) in [6.07, 6.45) is 4.51. The van der Waals surface area contributed by atoms with Crippen LogP contribution in [-0.2, 0) is 41.8 Å². The molecule has 6 nitrogen and oxygen atoms in total. The third-order valence-corrected chi connectivity index (χ3v) is 9.84. The Morgan fingerprint density at radius 3 is 2.25 bits per heavy atom. The summed E-state index contributed by atoms with van der Waals surface area (Å²) in [7, 11) is 0. The van der Waals surface area contributed by atoms with Crippen molar-refractivity contribution in [3.63, 3.8) is 0 Å². The molecule has 2 aliphatic heterocycles. The molecule has 1 aromatic rings. The zero-order valence-electron chi connectivity index (χ0n) is 19.1. The van der Waals surface area contributed by atoms with Gasteiger partial charge in [0.1, 0.15) is 6.10 Å². The summed E-state index contributed by atoms with van der Waals surface area (Å²) in [5.41, 5.74) is -0.121. The van der Waals surface area contributed by atoms with Gasteiger partial charge in [0.2, 0.25) is 5.60 Å². The Hall–Kier alpha value is -1.92. The maximum atomic E-state index is 13.6. The SMILES string of the molecule is CC12CCC(C(=O)O[C@@H]3CC[C@@H]4CCC5(OCc6ccccc6CO5)[C@@H]43)(OC1=O)C2(C)C. The molecular weight excluding hydrogens is 408 g/mol. The predicted octanol–water partition coefficient (Wildman–Crippen LogP) is 4.28. The molecule has 0 radical (unpaired) electrons. The van der Waals surface area contributed by atoms with E-state index in [1.807, 2.05) is 32.9 Å². The summed E-state index contributed by atoms with van der Waals surface area (Å²) >= 11 is 0. The number of carbonyl (C=O) groups excluding carboxylic acids is 2. The smallest absolute Gasteiger partial charge is 0.351 e. The summed E-state index contributed by atoms with van der Waals surface area (Å²) in [5.74, 6) is -0.971. The van der Waals surface area contributed by atoms with Crippen molar-refractivity contribution in [3.05, 3.63) is 35.4 Å². The van der Waals surface area contributed by atoms with Gasteiger partial charge in [0, 0.05) is 11.8 Å². The molecular formula is C26H32O6. The maximum absolute atomic E-state index is 13.6. The van der Waals surface area contributed by atoms with Crippen molar-refractivity contribution in [2.75, 3.05) is 0 Å². The zero-order chi connectivity index (χ0) is 22.4. The van der Waals surface area contributed by atoms with E-state index in [1.165, 1.54) is 0 Å². The lowest BCUT2D eigenvalue weighted by atomic mass is 9.66. The summed E-state index contributed by atoms with van der Waals surface area (Å²) in [4.78, 5) is 26.2. The van der Waals surface area contributed by atoms with E-state index in [2.05, 4.69) is 12.1 Å². The van der Waals surface area contributed by atoms with E-state index in [0.29, 0.717) is 32.0 Å². The van der Waals surface area contributed by atoms with Crippen LogP contribution in [0.5, 0.6) is 0 Å². The van der Waals surface area contributed by atoms with Crippen LogP contribution in [0.1, 0.15) is 70.4 Å². The Morgan fingerprint density at radius 2 is 1.66 bits per heavy atom. The van der Waals surface area contributed by atoms with E-state index in [0.717, 1.165) is 36.8 Å². The van der Waals surface area contributed by atoms with E-state index < -0.39 is 22.2 Å². The highest BCUT2D eigenvalue weighted by molar-refractivity contribution is 5.93. The van der Waals surface area contributed by atoms with E-state index in [4.69, 9.17) is 18.9 Å². The molecule has 1 saturated heterocycles. The van der Waals surface area contributed by atoms with Gasteiger partial charge in [-0.3, -0.25) is 4.79 Å². The molecule has 1 aromatic carbocycles. The maximum Gasteiger partial charge on any atom is 0.351 e. The van der Waals surface area contributed by atoms with Gasteiger partial charge in [0.05, 0.1) is 24.5 Å². The Morgan fingerprint density at radius 1 is 0.969 bits per heavy atom. The molecule has 32 heavy (non-hydrogen) atoms. The van der Waals surface area contributed by atoms with Crippen molar-refractivity contribution in [3.8, 4) is 0 Å². The first kappa shape index (κ1) is 20.7. The number of hydrogen-bond acceptors (Lipinski definition) is 6. The van der Waals surface area contributed by atoms with Crippen molar-refractivity contribution in [2.45, 2.75) is 90.0 Å². The molecule has 2 bridgehead atoms. The fourth-order valence-corrected chi connectivity index (χ4v) is 7.25. The van der Waals surface area contributed by atoms with E-state index >= 15 is 0 Å². The fourth-order valence-electron chi connectivity index (χ4n) is 7.25. The van der Waals surface area contributed by atoms with Gasteiger partial charge in [-0.2, -0.15) is 0 Å². The van der Waals surface area contributed by atoms with Gasteiger partial charge in [0.15, 0.2) is 5.79 Å². The lowest BCUT2D eigenvalue weighted by Gasteiger charge is -2.39. The van der Waals surface area contributed by atoms with E-state index in [-0.39, 0.29) is 24.0 Å². The lowest BCUT2D eigenvalue weighted by Crippen LogP contribution is -2.52. The number of carbonyl (C=O) groups is 2. The molecule has 0 N–H and O–H groups in total. The fraction of sp³-hybridized carbons (Fsp3) is 0.692. The van der Waals surface area contributed by atoms with Crippen molar-refractivity contribution in [2.24, 2.45) is 22.7 Å². The third-order valence-electron chi connectivity index (χ3n) is 9.84. The lowest BCUT2D eigenvalue weighted by molar-refractivity contribution is -0.278. The van der Waals surface area contributed by atoms with Crippen LogP contribution in [0, 0.1) is 22.7 Å². The molecule has 6 rings (SSSR count). The number of fused-ring (bicyclic) bond motifs is 5. The number of rotatable bonds is 2. The zero-order valence-corrected chi connectivity index (χ0v) is 19.1. The topological polar surface area (TPSA) is 71.1 Å². The van der Waals surface area contributed by atoms with Crippen molar-refractivity contribution < 1.29 is 28.5 Å². The van der Waals surface area contributed by atoms with Gasteiger partial charge in [-0.05, 0) is 56.1 Å². The van der Waals surface area contributed by atoms with Crippen molar-refractivity contribution in [1.29, 1.82) is 0 Å². The van der Waals surface area contributed by atoms with Gasteiger partial charge in [-0.1, -0.05) is 38.1 Å². The molecule has 5 atom stereocenters. The van der Waals surface area contributed by atoms with Crippen molar-refractivity contribution in [1.82, 2.24) is 0 Å². The van der Waals surface area contributed by atoms with Crippen molar-refractivity contribution >= 4 is 11.9 Å². The van der Waals surface area contributed by atoms with Gasteiger partial charge in [-0.15, -0.1) is 0 Å². The quantitative estimate of drug-likeness (QED) is 0.639. The minimum Gasteiger partial charge on any atom is -0.459 e. The summed E-state index contributed by atoms with van der Waals surface area (Å²) in [6.45, 7) is 6.87. The standard InChI is InChI=1S/C26H32O6/c1-23(2)24(3)12-13-25(23,32-21(24)27)22(28)31-19-9-8-16-10-11-26(20(16)19)29-14-17-6-4-5-7-18(17)15-30-26/h4-7,16,19-20H,8-15H2,1-3H3/t16-,19-,20+,24?,25?/m1/s1. The first-order valence-corrected chi connectivity index (χ1v) is 12.0. The Bertz CT molecular complexity index is 957. The van der Waals surface area contributed by atoms with Crippen LogP contribution in [0.4, 0.5) is 0 Å². The molecule has 2 unspecified atom stereocenters. The number of benzene rings is 1. The predicted molar refractivity (Wildman–Crippen MR) is 114 cm³/mol. The molecule has 3 saturated carbocycles. The molecule has 3 aliphatic carbocycles. The highest BCUT2D eigenvalue weighted by Gasteiger charge is 2.77. The van der Waals surface area contributed by atoms with Gasteiger partial charge >= 0.3 is 11.9 Å². The van der Waals surface area contributed by atoms with Crippen LogP contribution < -0.4 is 0 Å². The number of ether oxygens (including phenoxy) is 4. The minimum atomic E-state index is -1.19. The minimum absolute atomic E-state index is 0.00478. The third kappa shape index (κ3) is 2.43. The molecule has 0 aromatic heterocycles. The average molecular weight is 441 g/mol. The normalized spacial score (nSPS) is 40.6. The molecule has 1 spiro atoms. The van der Waals surface area contributed by atoms with E-state index in [9.17, 15) is 9.59 Å². The molecule has 6 heteroatoms. The average Bonchev–Trinajstić information content (AvgIpc) is 3.38. The highest BCUT2D eigenvalue weighted by Crippen LogP contribution is 2.66. The van der Waals surface area contributed by atoms with Gasteiger partial charge < -0.3 is 18.9 Å². The Labute approximate surface area is 188 Å². The van der Waals surface area contributed by atoms with Crippen LogP contribution in [0.3, 0.4) is 0 Å². The van der Waals surface area contributed by atoms with Crippen LogP contribution in [-0.4, -0.2) is 29.4 Å². The van der Waals surface area contributed by atoms with Crippen LogP contribution >= 0.6 is 0 Å². The second kappa shape index (κ2) is 6.57. The summed E-state index contributed by atoms with van der Waals surface area (Å²) in [5, 5.41) is 0. The monoisotopic (exact) mass is 440 g/mol. The second-order valence-electron chi connectivity index (χ2n) is 11.2. The molecule has 4 fully saturated rings.